The molecule has 39 heavy (non-hydrogen) atoms. The van der Waals surface area contributed by atoms with Crippen LogP contribution in [0.5, 0.6) is 0 Å². The molecule has 188 valence electrons. The maximum Gasteiger partial charge on any atom is 2.00 e. The molecule has 0 spiro atoms. The third kappa shape index (κ3) is 3.87. The van der Waals surface area contributed by atoms with Crippen molar-refractivity contribution >= 4 is 0 Å². The molecule has 2 heterocycles. The minimum atomic E-state index is -0.597. The standard InChI is InChI=1S/C36H24N2.Pt/c1-25-28(35-21-7-9-23-38-35)16-11-19-31(25)36(27-13-10-12-26(24-27)34-20-6-8-22-37-34)32-17-4-2-14-29(32)30-15-3-5-18-33(30)36;/h2-23H,1H2;/q-2;+2. The van der Waals surface area contributed by atoms with Gasteiger partial charge in [0.15, 0.2) is 0 Å². The first-order valence-electron chi connectivity index (χ1n) is 12.8. The van der Waals surface area contributed by atoms with Gasteiger partial charge in [-0.05, 0) is 46.1 Å². The van der Waals surface area contributed by atoms with E-state index in [9.17, 15) is 0 Å². The van der Waals surface area contributed by atoms with E-state index in [2.05, 4.69) is 108 Å². The van der Waals surface area contributed by atoms with Crippen LogP contribution in [0.2, 0.25) is 0 Å². The predicted octanol–water partition coefficient (Wildman–Crippen LogP) is 8.15. The van der Waals surface area contributed by atoms with E-state index >= 15 is 0 Å². The van der Waals surface area contributed by atoms with Gasteiger partial charge in [-0.3, -0.25) is 4.98 Å². The summed E-state index contributed by atoms with van der Waals surface area (Å²) in [5.41, 5.74) is 11.3. The summed E-state index contributed by atoms with van der Waals surface area (Å²) in [6.07, 6.45) is 3.66. The van der Waals surface area contributed by atoms with Gasteiger partial charge in [-0.1, -0.05) is 72.8 Å². The number of fused-ring (bicyclic) bond motifs is 3. The van der Waals surface area contributed by atoms with Gasteiger partial charge in [-0.25, -0.2) is 0 Å². The molecule has 0 saturated heterocycles. The molecule has 3 heteroatoms. The number of hydrogen-bond donors (Lipinski definition) is 0. The van der Waals surface area contributed by atoms with Crippen LogP contribution in [-0.2, 0) is 26.5 Å². The van der Waals surface area contributed by atoms with Crippen LogP contribution in [0.3, 0.4) is 0 Å². The van der Waals surface area contributed by atoms with Gasteiger partial charge in [-0.2, -0.15) is 12.5 Å². The molecule has 1 aliphatic rings. The Morgan fingerprint density at radius 3 is 1.69 bits per heavy atom. The van der Waals surface area contributed by atoms with E-state index in [4.69, 9.17) is 0 Å². The van der Waals surface area contributed by atoms with Gasteiger partial charge in [0.25, 0.3) is 0 Å². The van der Waals surface area contributed by atoms with Crippen molar-refractivity contribution in [2.45, 2.75) is 5.41 Å². The van der Waals surface area contributed by atoms with Crippen molar-refractivity contribution in [2.75, 3.05) is 0 Å². The SMILES string of the molecule is [CH2-]c1c(-c2ccccn2)cccc1C1(c2[c-]c(-c3ccccn3)ccc2)c2ccccc2-c2ccccc21.[Pt+2]. The smallest absolute Gasteiger partial charge is 0.305 e. The van der Waals surface area contributed by atoms with E-state index < -0.39 is 5.41 Å². The topological polar surface area (TPSA) is 25.8 Å². The fourth-order valence-corrected chi connectivity index (χ4v) is 6.02. The zero-order valence-electron chi connectivity index (χ0n) is 21.1. The summed E-state index contributed by atoms with van der Waals surface area (Å²) in [7, 11) is 0. The van der Waals surface area contributed by atoms with Crippen LogP contribution in [-0.4, -0.2) is 9.97 Å². The van der Waals surface area contributed by atoms with Crippen LogP contribution < -0.4 is 0 Å². The Balaban J connectivity index is 0.00000277. The fourth-order valence-electron chi connectivity index (χ4n) is 6.02. The summed E-state index contributed by atoms with van der Waals surface area (Å²) in [6.45, 7) is 4.67. The number of hydrogen-bond acceptors (Lipinski definition) is 2. The number of rotatable bonds is 4. The van der Waals surface area contributed by atoms with Gasteiger partial charge < -0.3 is 4.98 Å². The summed E-state index contributed by atoms with van der Waals surface area (Å²) in [6, 6.07) is 46.1. The monoisotopic (exact) mass is 679 g/mol. The summed E-state index contributed by atoms with van der Waals surface area (Å²) >= 11 is 0. The summed E-state index contributed by atoms with van der Waals surface area (Å²) in [5, 5.41) is 0. The van der Waals surface area contributed by atoms with Gasteiger partial charge in [0, 0.05) is 23.5 Å². The first-order chi connectivity index (χ1) is 18.8. The Kier molecular flexibility index (Phi) is 6.51. The molecular weight excluding hydrogens is 655 g/mol. The van der Waals surface area contributed by atoms with Crippen LogP contribution in [0.1, 0.15) is 27.8 Å². The van der Waals surface area contributed by atoms with E-state index in [1.54, 1.807) is 0 Å². The molecule has 2 aromatic heterocycles. The summed E-state index contributed by atoms with van der Waals surface area (Å²) in [5.74, 6) is 0. The molecule has 6 aromatic rings. The van der Waals surface area contributed by atoms with Crippen molar-refractivity contribution in [3.8, 4) is 33.6 Å². The van der Waals surface area contributed by atoms with Crippen LogP contribution >= 0.6 is 0 Å². The molecule has 2 nitrogen and oxygen atoms in total. The quantitative estimate of drug-likeness (QED) is 0.176. The Morgan fingerprint density at radius 1 is 0.513 bits per heavy atom. The second kappa shape index (κ2) is 10.1. The van der Waals surface area contributed by atoms with Gasteiger partial charge >= 0.3 is 21.1 Å². The maximum atomic E-state index is 4.67. The van der Waals surface area contributed by atoms with Gasteiger partial charge in [0.1, 0.15) is 0 Å². The number of benzene rings is 4. The van der Waals surface area contributed by atoms with Gasteiger partial charge in [0.2, 0.25) is 0 Å². The van der Waals surface area contributed by atoms with Crippen molar-refractivity contribution in [3.05, 3.63) is 175 Å². The molecule has 0 unspecified atom stereocenters. The second-order valence-corrected chi connectivity index (χ2v) is 9.58. The molecule has 0 fully saturated rings. The molecule has 1 aliphatic carbocycles. The Labute approximate surface area is 243 Å². The van der Waals surface area contributed by atoms with Crippen LogP contribution in [0, 0.1) is 13.0 Å². The van der Waals surface area contributed by atoms with Gasteiger partial charge in [-0.15, -0.1) is 58.7 Å². The number of aromatic nitrogens is 2. The molecule has 0 saturated carbocycles. The first kappa shape index (κ1) is 25.0. The zero-order chi connectivity index (χ0) is 25.5. The van der Waals surface area contributed by atoms with Crippen molar-refractivity contribution in [1.82, 2.24) is 9.97 Å². The molecule has 0 bridgehead atoms. The first-order valence-corrected chi connectivity index (χ1v) is 12.8. The zero-order valence-corrected chi connectivity index (χ0v) is 23.4. The van der Waals surface area contributed by atoms with Crippen LogP contribution in [0.4, 0.5) is 0 Å². The number of nitrogens with zero attached hydrogens (tertiary/aromatic N) is 2. The molecule has 0 amide bonds. The van der Waals surface area contributed by atoms with E-state index in [1.165, 1.54) is 22.3 Å². The predicted molar refractivity (Wildman–Crippen MR) is 154 cm³/mol. The fraction of sp³-hybridized carbons (Fsp3) is 0.0278. The molecule has 0 radical (unpaired) electrons. The second-order valence-electron chi connectivity index (χ2n) is 9.58. The minimum absolute atomic E-state index is 0. The van der Waals surface area contributed by atoms with E-state index in [0.717, 1.165) is 39.2 Å². The third-order valence-corrected chi connectivity index (χ3v) is 7.61. The maximum absolute atomic E-state index is 4.67. The van der Waals surface area contributed by atoms with Crippen molar-refractivity contribution in [2.24, 2.45) is 0 Å². The van der Waals surface area contributed by atoms with E-state index in [0.29, 0.717) is 0 Å². The molecule has 0 aliphatic heterocycles. The molecule has 0 atom stereocenters. The van der Waals surface area contributed by atoms with Gasteiger partial charge in [0.05, 0.1) is 0 Å². The molecular formula is C36H24N2Pt. The average molecular weight is 680 g/mol. The Bertz CT molecular complexity index is 1730. The molecule has 7 rings (SSSR count). The third-order valence-electron chi connectivity index (χ3n) is 7.61. The Hall–Kier alpha value is -4.26. The summed E-state index contributed by atoms with van der Waals surface area (Å²) < 4.78 is 0. The van der Waals surface area contributed by atoms with Crippen LogP contribution in [0.15, 0.2) is 134 Å². The molecule has 4 aromatic carbocycles. The van der Waals surface area contributed by atoms with Crippen molar-refractivity contribution < 1.29 is 21.1 Å². The van der Waals surface area contributed by atoms with Crippen LogP contribution in [0.25, 0.3) is 33.6 Å². The summed E-state index contributed by atoms with van der Waals surface area (Å²) in [4.78, 5) is 9.28. The van der Waals surface area contributed by atoms with E-state index in [1.807, 2.05) is 48.8 Å². The normalized spacial score (nSPS) is 12.7. The average Bonchev–Trinajstić information content (AvgIpc) is 3.29. The van der Waals surface area contributed by atoms with E-state index in [-0.39, 0.29) is 21.1 Å². The van der Waals surface area contributed by atoms with Crippen molar-refractivity contribution in [1.29, 1.82) is 0 Å². The minimum Gasteiger partial charge on any atom is -0.305 e. The molecule has 0 N–H and O–H groups in total. The number of pyridine rings is 2. The Morgan fingerprint density at radius 2 is 1.05 bits per heavy atom. The largest absolute Gasteiger partial charge is 2.00 e. The van der Waals surface area contributed by atoms with Crippen molar-refractivity contribution in [3.63, 3.8) is 0 Å².